The van der Waals surface area contributed by atoms with Crippen LogP contribution >= 0.6 is 0 Å². The van der Waals surface area contributed by atoms with Gasteiger partial charge in [0, 0.05) is 11.1 Å². The predicted molar refractivity (Wildman–Crippen MR) is 114 cm³/mol. The molecule has 1 aromatic rings. The highest BCUT2D eigenvalue weighted by Gasteiger charge is 2.54. The molecule has 6 N–H and O–H groups in total. The first-order valence-corrected chi connectivity index (χ1v) is 10.5. The van der Waals surface area contributed by atoms with Gasteiger partial charge < -0.3 is 30.3 Å². The summed E-state index contributed by atoms with van der Waals surface area (Å²) in [6, 6.07) is 3.93. The number of amides is 2. The van der Waals surface area contributed by atoms with Crippen LogP contribution in [0.15, 0.2) is 47.5 Å². The van der Waals surface area contributed by atoms with Gasteiger partial charge in [-0.1, -0.05) is 18.2 Å². The highest BCUT2D eigenvalue weighted by atomic mass is 16.7. The minimum atomic E-state index is -2.83. The van der Waals surface area contributed by atoms with Crippen molar-refractivity contribution < 1.29 is 44.7 Å². The number of aliphatic hydroxyl groups is 5. The van der Waals surface area contributed by atoms with E-state index in [4.69, 9.17) is 4.74 Å². The van der Waals surface area contributed by atoms with Gasteiger partial charge in [-0.15, -0.1) is 0 Å². The first kappa shape index (κ1) is 22.5. The summed E-state index contributed by atoms with van der Waals surface area (Å²) in [5.41, 5.74) is 0.712. The molecule has 0 bridgehead atoms. The Morgan fingerprint density at radius 2 is 1.94 bits per heavy atom. The van der Waals surface area contributed by atoms with Crippen LogP contribution in [0.4, 0.5) is 5.69 Å². The van der Waals surface area contributed by atoms with Crippen LogP contribution in [0.5, 0.6) is 0 Å². The molecule has 1 fully saturated rings. The lowest BCUT2D eigenvalue weighted by molar-refractivity contribution is -0.356. The van der Waals surface area contributed by atoms with Crippen LogP contribution in [0.2, 0.25) is 0 Å². The summed E-state index contributed by atoms with van der Waals surface area (Å²) in [7, 11) is 0. The van der Waals surface area contributed by atoms with Crippen molar-refractivity contribution in [1.82, 2.24) is 5.32 Å². The first-order valence-electron chi connectivity index (χ1n) is 10.5. The Labute approximate surface area is 192 Å². The summed E-state index contributed by atoms with van der Waals surface area (Å²) < 4.78 is 5.03. The quantitative estimate of drug-likeness (QED) is 0.261. The number of Topliss-reactive ketones (excluding diaryl/α,β-unsaturated/α-hetero) is 1. The molecule has 3 unspecified atom stereocenters. The molecule has 1 saturated heterocycles. The number of nitrogens with zero attached hydrogens (tertiary/aromatic N) is 2. The van der Waals surface area contributed by atoms with Crippen molar-refractivity contribution in [3.63, 3.8) is 0 Å². The van der Waals surface area contributed by atoms with E-state index in [0.717, 1.165) is 0 Å². The number of hydrogen-bond acceptors (Lipinski definition) is 10. The monoisotopic (exact) mass is 471 g/mol. The third kappa shape index (κ3) is 3.23. The molecule has 12 heteroatoms. The summed E-state index contributed by atoms with van der Waals surface area (Å²) in [4.78, 5) is 44.5. The minimum absolute atomic E-state index is 0.0720. The molecule has 5 rings (SSSR count). The van der Waals surface area contributed by atoms with Gasteiger partial charge in [0.05, 0.1) is 23.9 Å². The molecule has 12 nitrogen and oxygen atoms in total. The molecule has 0 aromatic heterocycles. The Bertz CT molecular complexity index is 1180. The van der Waals surface area contributed by atoms with E-state index in [1.165, 1.54) is 23.1 Å². The maximum absolute atomic E-state index is 13.0. The van der Waals surface area contributed by atoms with Gasteiger partial charge in [-0.2, -0.15) is 0 Å². The van der Waals surface area contributed by atoms with Crippen molar-refractivity contribution in [2.75, 3.05) is 11.5 Å². The van der Waals surface area contributed by atoms with Crippen molar-refractivity contribution in [2.45, 2.75) is 36.5 Å². The zero-order chi connectivity index (χ0) is 24.4. The number of carbonyl (C=O) groups excluding carboxylic acids is 3. The van der Waals surface area contributed by atoms with E-state index in [-0.39, 0.29) is 22.7 Å². The van der Waals surface area contributed by atoms with Gasteiger partial charge in [-0.25, -0.2) is 0 Å². The smallest absolute Gasteiger partial charge is 0.279 e. The van der Waals surface area contributed by atoms with Crippen LogP contribution in [0.25, 0.3) is 0 Å². The highest BCUT2D eigenvalue weighted by Crippen LogP contribution is 2.38. The second-order valence-electron chi connectivity index (χ2n) is 8.37. The van der Waals surface area contributed by atoms with Gasteiger partial charge in [-0.3, -0.25) is 29.6 Å². The number of nitrogens with one attached hydrogen (secondary N) is 1. The van der Waals surface area contributed by atoms with E-state index in [0.29, 0.717) is 5.71 Å². The number of anilines is 1. The molecule has 34 heavy (non-hydrogen) atoms. The maximum atomic E-state index is 13.0. The predicted octanol–water partition coefficient (Wildman–Crippen LogP) is -2.41. The molecule has 2 amide bonds. The molecule has 0 spiro atoms. The second-order valence-corrected chi connectivity index (χ2v) is 8.37. The summed E-state index contributed by atoms with van der Waals surface area (Å²) in [6.07, 6.45) is -1.56. The first-order chi connectivity index (χ1) is 16.2. The summed E-state index contributed by atoms with van der Waals surface area (Å²) in [5, 5.41) is 51.8. The molecule has 0 saturated carbocycles. The number of aliphatic hydroxyl groups excluding tert-OH is 4. The molecule has 3 heterocycles. The number of aliphatic imine (C=N–C) groups is 1. The van der Waals surface area contributed by atoms with Crippen LogP contribution in [0.3, 0.4) is 0 Å². The fourth-order valence-electron chi connectivity index (χ4n) is 4.48. The number of ketones is 1. The zero-order valence-electron chi connectivity index (χ0n) is 17.5. The topological polar surface area (TPSA) is 189 Å². The van der Waals surface area contributed by atoms with E-state index in [1.54, 1.807) is 24.3 Å². The Kier molecular flexibility index (Phi) is 5.24. The van der Waals surface area contributed by atoms with E-state index >= 15 is 0 Å². The van der Waals surface area contributed by atoms with Crippen LogP contribution in [-0.4, -0.2) is 91.9 Å². The lowest BCUT2D eigenvalue weighted by atomic mass is 9.94. The summed E-state index contributed by atoms with van der Waals surface area (Å²) >= 11 is 0. The minimum Gasteiger partial charge on any atom is -0.394 e. The van der Waals surface area contributed by atoms with Gasteiger partial charge in [0.25, 0.3) is 11.8 Å². The van der Waals surface area contributed by atoms with E-state index in [9.17, 15) is 39.9 Å². The fraction of sp³-hybridized carbons (Fsp3) is 0.364. The molecule has 3 aliphatic heterocycles. The lowest BCUT2D eigenvalue weighted by Gasteiger charge is -2.45. The van der Waals surface area contributed by atoms with Crippen LogP contribution < -0.4 is 10.2 Å². The van der Waals surface area contributed by atoms with Gasteiger partial charge in [0.2, 0.25) is 11.7 Å². The molecule has 4 aliphatic rings. The Balaban J connectivity index is 1.43. The van der Waals surface area contributed by atoms with Crippen LogP contribution in [-0.2, 0) is 9.53 Å². The Morgan fingerprint density at radius 1 is 1.18 bits per heavy atom. The molecule has 7 atom stereocenters. The third-order valence-corrected chi connectivity index (χ3v) is 6.30. The van der Waals surface area contributed by atoms with Gasteiger partial charge >= 0.3 is 0 Å². The number of benzene rings is 1. The lowest BCUT2D eigenvalue weighted by Crippen LogP contribution is -2.71. The summed E-state index contributed by atoms with van der Waals surface area (Å²) in [6.45, 7) is -0.810. The third-order valence-electron chi connectivity index (χ3n) is 6.30. The summed E-state index contributed by atoms with van der Waals surface area (Å²) in [5.74, 6) is -5.24. The number of ether oxygens (including phenoxy) is 1. The molecular formula is C22H21N3O9. The molecule has 0 radical (unpaired) electrons. The number of carbonyl (C=O) groups is 3. The fourth-order valence-corrected chi connectivity index (χ4v) is 4.48. The zero-order valence-corrected chi connectivity index (χ0v) is 17.5. The van der Waals surface area contributed by atoms with Crippen molar-refractivity contribution in [1.29, 1.82) is 0 Å². The SMILES string of the molecule is O=C(NC1(O)O[C@H](CO)[C@@H](O)[C@H](O)[C@H]1O)c1ccc2c(c1)C(=O)C1N=C3C=CC=CC3C(=O)N21. The van der Waals surface area contributed by atoms with Crippen molar-refractivity contribution in [3.05, 3.63) is 53.6 Å². The molecule has 178 valence electrons. The highest BCUT2D eigenvalue weighted by molar-refractivity contribution is 6.27. The average Bonchev–Trinajstić information content (AvgIpc) is 3.12. The van der Waals surface area contributed by atoms with Gasteiger partial charge in [0.1, 0.15) is 18.3 Å². The van der Waals surface area contributed by atoms with Crippen molar-refractivity contribution >= 4 is 29.0 Å². The van der Waals surface area contributed by atoms with E-state index in [1.807, 2.05) is 5.32 Å². The number of fused-ring (bicyclic) bond motifs is 4. The number of rotatable bonds is 3. The van der Waals surface area contributed by atoms with Crippen molar-refractivity contribution in [3.8, 4) is 0 Å². The van der Waals surface area contributed by atoms with Crippen molar-refractivity contribution in [2.24, 2.45) is 10.9 Å². The number of hydrogen-bond donors (Lipinski definition) is 6. The second kappa shape index (κ2) is 7.91. The van der Waals surface area contributed by atoms with Crippen LogP contribution in [0.1, 0.15) is 20.7 Å². The van der Waals surface area contributed by atoms with E-state index in [2.05, 4.69) is 4.99 Å². The normalized spacial score (nSPS) is 36.0. The largest absolute Gasteiger partial charge is 0.394 e. The molecule has 1 aliphatic carbocycles. The Morgan fingerprint density at radius 3 is 2.68 bits per heavy atom. The standard InChI is InChI=1S/C22H21N3O9/c26-8-14-16(28)17(29)18(30)22(33,34-14)24-20(31)9-5-6-13-11(7-9)15(27)19-23-12-4-2-1-3-10(12)21(32)25(13)19/h1-7,10,14,16-19,26,28-30,33H,8H2,(H,24,31)/t10?,14-,16-,17+,18-,19?,22?/m1/s1. The maximum Gasteiger partial charge on any atom is 0.279 e. The van der Waals surface area contributed by atoms with Crippen LogP contribution in [0, 0.1) is 5.92 Å². The number of allylic oxidation sites excluding steroid dienone is 3. The molecule has 1 aromatic carbocycles. The van der Waals surface area contributed by atoms with E-state index < -0.39 is 60.7 Å². The molecular weight excluding hydrogens is 450 g/mol. The average molecular weight is 471 g/mol. The van der Waals surface area contributed by atoms with Gasteiger partial charge in [-0.05, 0) is 24.3 Å². The Hall–Kier alpha value is -3.26. The van der Waals surface area contributed by atoms with Gasteiger partial charge in [0.15, 0.2) is 12.3 Å².